The van der Waals surface area contributed by atoms with Gasteiger partial charge in [-0.25, -0.2) is 0 Å². The number of rotatable bonds is 3. The van der Waals surface area contributed by atoms with Gasteiger partial charge in [0.15, 0.2) is 5.11 Å². The highest BCUT2D eigenvalue weighted by atomic mass is 35.5. The van der Waals surface area contributed by atoms with E-state index in [-0.39, 0.29) is 5.11 Å². The topological polar surface area (TPSA) is 50.4 Å². The van der Waals surface area contributed by atoms with Gasteiger partial charge in [-0.1, -0.05) is 24.6 Å². The molecule has 1 aromatic carbocycles. The molecule has 0 saturated carbocycles. The van der Waals surface area contributed by atoms with Crippen LogP contribution in [0.3, 0.4) is 0 Å². The molecule has 0 spiro atoms. The van der Waals surface area contributed by atoms with Crippen LogP contribution in [0.4, 0.5) is 0 Å². The van der Waals surface area contributed by atoms with E-state index in [0.717, 1.165) is 22.6 Å². The van der Waals surface area contributed by atoms with Gasteiger partial charge in [0.05, 0.1) is 6.21 Å². The first-order valence-corrected chi connectivity index (χ1v) is 5.29. The molecular formula is C10H12ClN3S. The minimum Gasteiger partial charge on any atom is -0.375 e. The van der Waals surface area contributed by atoms with Gasteiger partial charge >= 0.3 is 0 Å². The summed E-state index contributed by atoms with van der Waals surface area (Å²) in [5, 5.41) is 4.77. The lowest BCUT2D eigenvalue weighted by Crippen LogP contribution is -2.24. The van der Waals surface area contributed by atoms with Crippen molar-refractivity contribution >= 4 is 35.1 Å². The molecule has 0 amide bonds. The summed E-state index contributed by atoms with van der Waals surface area (Å²) in [7, 11) is 0. The summed E-state index contributed by atoms with van der Waals surface area (Å²) in [4.78, 5) is 0. The van der Waals surface area contributed by atoms with Gasteiger partial charge in [0.2, 0.25) is 0 Å². The Kier molecular flexibility index (Phi) is 4.52. The zero-order valence-corrected chi connectivity index (χ0v) is 9.90. The second-order valence-corrected chi connectivity index (χ2v) is 3.81. The number of nitrogens with zero attached hydrogens (tertiary/aromatic N) is 1. The van der Waals surface area contributed by atoms with Crippen molar-refractivity contribution in [3.63, 3.8) is 0 Å². The van der Waals surface area contributed by atoms with Crippen molar-refractivity contribution in [2.24, 2.45) is 10.8 Å². The molecule has 15 heavy (non-hydrogen) atoms. The van der Waals surface area contributed by atoms with Gasteiger partial charge < -0.3 is 5.73 Å². The largest absolute Gasteiger partial charge is 0.375 e. The Hall–Kier alpha value is -1.13. The minimum atomic E-state index is 0.151. The van der Waals surface area contributed by atoms with E-state index in [2.05, 4.69) is 29.7 Å². The summed E-state index contributed by atoms with van der Waals surface area (Å²) >= 11 is 10.5. The van der Waals surface area contributed by atoms with Crippen LogP contribution in [-0.4, -0.2) is 11.3 Å². The SMILES string of the molecule is CCc1cc(Cl)ccc1C=NNC(N)=S. The van der Waals surface area contributed by atoms with Crippen molar-refractivity contribution in [2.45, 2.75) is 13.3 Å². The number of hydrogen-bond donors (Lipinski definition) is 2. The van der Waals surface area contributed by atoms with E-state index < -0.39 is 0 Å². The van der Waals surface area contributed by atoms with Crippen LogP contribution in [-0.2, 0) is 6.42 Å². The number of nitrogens with two attached hydrogens (primary N) is 1. The number of hydrazone groups is 1. The van der Waals surface area contributed by atoms with Crippen LogP contribution in [0.25, 0.3) is 0 Å². The van der Waals surface area contributed by atoms with Gasteiger partial charge in [-0.2, -0.15) is 5.10 Å². The standard InChI is InChI=1S/C10H12ClN3S/c1-2-7-5-9(11)4-3-8(7)6-13-14-10(12)15/h3-6H,2H2,1H3,(H3,12,14,15). The van der Waals surface area contributed by atoms with Crippen LogP contribution in [0.2, 0.25) is 5.02 Å². The van der Waals surface area contributed by atoms with Crippen molar-refractivity contribution in [3.05, 3.63) is 34.3 Å². The molecule has 5 heteroatoms. The molecule has 0 fully saturated rings. The number of thiocarbonyl (C=S) groups is 1. The Morgan fingerprint density at radius 2 is 2.40 bits per heavy atom. The fraction of sp³-hybridized carbons (Fsp3) is 0.200. The van der Waals surface area contributed by atoms with E-state index in [0.29, 0.717) is 0 Å². The molecule has 80 valence electrons. The summed E-state index contributed by atoms with van der Waals surface area (Å²) in [5.41, 5.74) is 9.88. The molecular weight excluding hydrogens is 230 g/mol. The highest BCUT2D eigenvalue weighted by Gasteiger charge is 1.98. The second-order valence-electron chi connectivity index (χ2n) is 2.93. The lowest BCUT2D eigenvalue weighted by atomic mass is 10.1. The van der Waals surface area contributed by atoms with E-state index in [4.69, 9.17) is 17.3 Å². The molecule has 0 aliphatic rings. The number of aryl methyl sites for hydroxylation is 1. The fourth-order valence-corrected chi connectivity index (χ4v) is 1.42. The van der Waals surface area contributed by atoms with Crippen molar-refractivity contribution in [3.8, 4) is 0 Å². The first kappa shape index (κ1) is 11.9. The maximum absolute atomic E-state index is 5.88. The zero-order valence-electron chi connectivity index (χ0n) is 8.33. The van der Waals surface area contributed by atoms with Crippen molar-refractivity contribution < 1.29 is 0 Å². The molecule has 3 nitrogen and oxygen atoms in total. The molecule has 0 aromatic heterocycles. The quantitative estimate of drug-likeness (QED) is 0.484. The van der Waals surface area contributed by atoms with Crippen LogP contribution < -0.4 is 11.2 Å². The normalized spacial score (nSPS) is 10.5. The maximum atomic E-state index is 5.88. The number of halogens is 1. The molecule has 1 rings (SSSR count). The third kappa shape index (κ3) is 3.85. The lowest BCUT2D eigenvalue weighted by Gasteiger charge is -2.03. The monoisotopic (exact) mass is 241 g/mol. The van der Waals surface area contributed by atoms with Gasteiger partial charge in [0.25, 0.3) is 0 Å². The number of benzene rings is 1. The average Bonchev–Trinajstić information content (AvgIpc) is 2.19. The number of nitrogens with one attached hydrogen (secondary N) is 1. The summed E-state index contributed by atoms with van der Waals surface area (Å²) < 4.78 is 0. The van der Waals surface area contributed by atoms with Gasteiger partial charge in [0.1, 0.15) is 0 Å². The molecule has 0 saturated heterocycles. The Bertz CT molecular complexity index is 390. The molecule has 3 N–H and O–H groups in total. The van der Waals surface area contributed by atoms with E-state index in [9.17, 15) is 0 Å². The molecule has 0 bridgehead atoms. The highest BCUT2D eigenvalue weighted by Crippen LogP contribution is 2.15. The first-order valence-electron chi connectivity index (χ1n) is 4.50. The predicted molar refractivity (Wildman–Crippen MR) is 68.3 cm³/mol. The van der Waals surface area contributed by atoms with Crippen molar-refractivity contribution in [1.82, 2.24) is 5.43 Å². The average molecular weight is 242 g/mol. The van der Waals surface area contributed by atoms with E-state index in [1.165, 1.54) is 0 Å². The minimum absolute atomic E-state index is 0.151. The Morgan fingerprint density at radius 3 is 3.00 bits per heavy atom. The van der Waals surface area contributed by atoms with Crippen molar-refractivity contribution in [2.75, 3.05) is 0 Å². The molecule has 0 aliphatic heterocycles. The van der Waals surface area contributed by atoms with Gasteiger partial charge in [0, 0.05) is 5.02 Å². The van der Waals surface area contributed by atoms with Crippen LogP contribution in [0.1, 0.15) is 18.1 Å². The Labute approximate surface area is 99.3 Å². The summed E-state index contributed by atoms with van der Waals surface area (Å²) in [6.45, 7) is 2.06. The summed E-state index contributed by atoms with van der Waals surface area (Å²) in [5.74, 6) is 0. The third-order valence-electron chi connectivity index (χ3n) is 1.86. The van der Waals surface area contributed by atoms with E-state index in [1.54, 1.807) is 6.21 Å². The number of hydrogen-bond acceptors (Lipinski definition) is 2. The predicted octanol–water partition coefficient (Wildman–Crippen LogP) is 2.07. The van der Waals surface area contributed by atoms with Crippen LogP contribution in [0.5, 0.6) is 0 Å². The summed E-state index contributed by atoms with van der Waals surface area (Å²) in [6.07, 6.45) is 2.57. The second kappa shape index (κ2) is 5.68. The van der Waals surface area contributed by atoms with Gasteiger partial charge in [-0.3, -0.25) is 5.43 Å². The van der Waals surface area contributed by atoms with Gasteiger partial charge in [-0.05, 0) is 41.9 Å². The zero-order chi connectivity index (χ0) is 11.3. The molecule has 0 heterocycles. The maximum Gasteiger partial charge on any atom is 0.184 e. The molecule has 0 aliphatic carbocycles. The van der Waals surface area contributed by atoms with Gasteiger partial charge in [-0.15, -0.1) is 0 Å². The van der Waals surface area contributed by atoms with Crippen LogP contribution in [0.15, 0.2) is 23.3 Å². The van der Waals surface area contributed by atoms with E-state index >= 15 is 0 Å². The fourth-order valence-electron chi connectivity index (χ4n) is 1.17. The van der Waals surface area contributed by atoms with Crippen molar-refractivity contribution in [1.29, 1.82) is 0 Å². The lowest BCUT2D eigenvalue weighted by molar-refractivity contribution is 1.04. The smallest absolute Gasteiger partial charge is 0.184 e. The molecule has 0 unspecified atom stereocenters. The van der Waals surface area contributed by atoms with Crippen LogP contribution >= 0.6 is 23.8 Å². The molecule has 0 atom stereocenters. The Balaban J connectivity index is 2.84. The highest BCUT2D eigenvalue weighted by molar-refractivity contribution is 7.80. The first-order chi connectivity index (χ1) is 7.13. The van der Waals surface area contributed by atoms with E-state index in [1.807, 2.05) is 18.2 Å². The summed E-state index contributed by atoms with van der Waals surface area (Å²) in [6, 6.07) is 5.65. The molecule has 0 radical (unpaired) electrons. The van der Waals surface area contributed by atoms with Crippen LogP contribution in [0, 0.1) is 0 Å². The molecule has 1 aromatic rings. The third-order valence-corrected chi connectivity index (χ3v) is 2.19. The Morgan fingerprint density at radius 1 is 1.67 bits per heavy atom.